The van der Waals surface area contributed by atoms with Gasteiger partial charge in [-0.15, -0.1) is 0 Å². The largest absolute Gasteiger partial charge is 0.491 e. The fourth-order valence-electron chi connectivity index (χ4n) is 2.70. The topological polar surface area (TPSA) is 71.5 Å². The minimum Gasteiger partial charge on any atom is -0.491 e. The standard InChI is InChI=1S/C21H26O5/c1-21(2,15-3-7-18(8-4-15)24-12-17(23)11-22)16-5-9-19(10-6-16)25-13-20-14-26-20/h3-10,17,20,22-23H,11-14H2,1-2H3/t17-,20-/m0/s1. The van der Waals surface area contributed by atoms with Gasteiger partial charge in [-0.2, -0.15) is 0 Å². The van der Waals surface area contributed by atoms with Crippen molar-refractivity contribution in [3.05, 3.63) is 59.7 Å². The van der Waals surface area contributed by atoms with Crippen LogP contribution in [0.1, 0.15) is 25.0 Å². The van der Waals surface area contributed by atoms with E-state index in [1.807, 2.05) is 36.4 Å². The molecule has 140 valence electrons. The van der Waals surface area contributed by atoms with E-state index in [2.05, 4.69) is 26.0 Å². The number of epoxide rings is 1. The first kappa shape index (κ1) is 18.7. The van der Waals surface area contributed by atoms with Crippen molar-refractivity contribution in [1.29, 1.82) is 0 Å². The molecule has 2 aromatic rings. The molecule has 3 rings (SSSR count). The smallest absolute Gasteiger partial charge is 0.119 e. The van der Waals surface area contributed by atoms with E-state index in [1.54, 1.807) is 0 Å². The van der Waals surface area contributed by atoms with E-state index in [0.717, 1.165) is 17.9 Å². The highest BCUT2D eigenvalue weighted by molar-refractivity contribution is 5.41. The van der Waals surface area contributed by atoms with Crippen molar-refractivity contribution in [2.75, 3.05) is 26.4 Å². The molecule has 0 amide bonds. The summed E-state index contributed by atoms with van der Waals surface area (Å²) in [4.78, 5) is 0. The fraction of sp³-hybridized carbons (Fsp3) is 0.429. The van der Waals surface area contributed by atoms with Gasteiger partial charge >= 0.3 is 0 Å². The van der Waals surface area contributed by atoms with Crippen LogP contribution in [-0.2, 0) is 10.2 Å². The van der Waals surface area contributed by atoms with E-state index in [4.69, 9.17) is 19.3 Å². The molecular weight excluding hydrogens is 332 g/mol. The van der Waals surface area contributed by atoms with E-state index < -0.39 is 6.10 Å². The monoisotopic (exact) mass is 358 g/mol. The van der Waals surface area contributed by atoms with Crippen LogP contribution in [0.3, 0.4) is 0 Å². The molecule has 1 fully saturated rings. The van der Waals surface area contributed by atoms with Crippen molar-refractivity contribution < 1.29 is 24.4 Å². The summed E-state index contributed by atoms with van der Waals surface area (Å²) in [5.74, 6) is 1.52. The minimum absolute atomic E-state index is 0.0760. The predicted octanol–water partition coefficient (Wildman–Crippen LogP) is 2.52. The van der Waals surface area contributed by atoms with Crippen LogP contribution in [0.25, 0.3) is 0 Å². The summed E-state index contributed by atoms with van der Waals surface area (Å²) in [7, 11) is 0. The molecule has 5 nitrogen and oxygen atoms in total. The average Bonchev–Trinajstić information content (AvgIpc) is 3.49. The third kappa shape index (κ3) is 4.75. The molecule has 0 bridgehead atoms. The van der Waals surface area contributed by atoms with Crippen LogP contribution in [0.15, 0.2) is 48.5 Å². The Balaban J connectivity index is 1.64. The van der Waals surface area contributed by atoms with Gasteiger partial charge in [0.2, 0.25) is 0 Å². The van der Waals surface area contributed by atoms with Gasteiger partial charge in [0.05, 0.1) is 13.2 Å². The number of aliphatic hydroxyl groups is 2. The Morgan fingerprint density at radius 1 is 1.00 bits per heavy atom. The van der Waals surface area contributed by atoms with E-state index in [1.165, 1.54) is 5.56 Å². The summed E-state index contributed by atoms with van der Waals surface area (Å²) in [6, 6.07) is 16.0. The number of aliphatic hydroxyl groups excluding tert-OH is 2. The minimum atomic E-state index is -0.863. The lowest BCUT2D eigenvalue weighted by Crippen LogP contribution is -2.21. The van der Waals surface area contributed by atoms with E-state index >= 15 is 0 Å². The normalized spacial score (nSPS) is 17.6. The molecule has 0 spiro atoms. The van der Waals surface area contributed by atoms with Crippen molar-refractivity contribution in [2.24, 2.45) is 0 Å². The average molecular weight is 358 g/mol. The second kappa shape index (κ2) is 8.08. The molecule has 0 aliphatic carbocycles. The number of hydrogen-bond donors (Lipinski definition) is 2. The molecular formula is C21H26O5. The van der Waals surface area contributed by atoms with Gasteiger partial charge in [0.15, 0.2) is 0 Å². The summed E-state index contributed by atoms with van der Waals surface area (Å²) in [6.45, 7) is 5.52. The van der Waals surface area contributed by atoms with E-state index in [-0.39, 0.29) is 24.7 Å². The van der Waals surface area contributed by atoms with Crippen LogP contribution in [-0.4, -0.2) is 48.8 Å². The number of hydrogen-bond acceptors (Lipinski definition) is 5. The highest BCUT2D eigenvalue weighted by atomic mass is 16.6. The zero-order chi connectivity index (χ0) is 18.6. The van der Waals surface area contributed by atoms with Crippen molar-refractivity contribution in [2.45, 2.75) is 31.5 Å². The third-order valence-electron chi connectivity index (χ3n) is 4.64. The second-order valence-electron chi connectivity index (χ2n) is 7.09. The Bertz CT molecular complexity index is 689. The summed E-state index contributed by atoms with van der Waals surface area (Å²) >= 11 is 0. The SMILES string of the molecule is CC(C)(c1ccc(OC[C@@H](O)CO)cc1)c1ccc(OC[C@H]2CO2)cc1. The number of rotatable bonds is 9. The van der Waals surface area contributed by atoms with Gasteiger partial charge in [0, 0.05) is 5.41 Å². The molecule has 2 aromatic carbocycles. The van der Waals surface area contributed by atoms with Gasteiger partial charge in [0.1, 0.15) is 36.9 Å². The number of ether oxygens (including phenoxy) is 3. The molecule has 2 atom stereocenters. The molecule has 1 aliphatic rings. The maximum Gasteiger partial charge on any atom is 0.119 e. The first-order valence-corrected chi connectivity index (χ1v) is 8.86. The Morgan fingerprint density at radius 3 is 1.96 bits per heavy atom. The Hall–Kier alpha value is -2.08. The van der Waals surface area contributed by atoms with Crippen LogP contribution < -0.4 is 9.47 Å². The molecule has 0 unspecified atom stereocenters. The predicted molar refractivity (Wildman–Crippen MR) is 98.8 cm³/mol. The second-order valence-corrected chi connectivity index (χ2v) is 7.09. The maximum absolute atomic E-state index is 9.35. The Morgan fingerprint density at radius 2 is 1.50 bits per heavy atom. The maximum atomic E-state index is 9.35. The molecule has 2 N–H and O–H groups in total. The zero-order valence-corrected chi connectivity index (χ0v) is 15.2. The quantitative estimate of drug-likeness (QED) is 0.674. The van der Waals surface area contributed by atoms with E-state index in [9.17, 15) is 5.11 Å². The van der Waals surface area contributed by atoms with Crippen molar-refractivity contribution in [3.8, 4) is 11.5 Å². The van der Waals surface area contributed by atoms with Gasteiger partial charge in [-0.1, -0.05) is 38.1 Å². The zero-order valence-electron chi connectivity index (χ0n) is 15.2. The van der Waals surface area contributed by atoms with Crippen molar-refractivity contribution in [1.82, 2.24) is 0 Å². The first-order valence-electron chi connectivity index (χ1n) is 8.86. The first-order chi connectivity index (χ1) is 12.5. The van der Waals surface area contributed by atoms with Gasteiger partial charge in [-0.05, 0) is 35.4 Å². The molecule has 1 heterocycles. The highest BCUT2D eigenvalue weighted by Gasteiger charge is 2.24. The molecule has 1 saturated heterocycles. The van der Waals surface area contributed by atoms with Gasteiger partial charge in [0.25, 0.3) is 0 Å². The summed E-state index contributed by atoms with van der Waals surface area (Å²) in [6.07, 6.45) is -0.608. The Labute approximate surface area is 154 Å². The van der Waals surface area contributed by atoms with Gasteiger partial charge in [-0.25, -0.2) is 0 Å². The number of benzene rings is 2. The van der Waals surface area contributed by atoms with Crippen LogP contribution in [0.5, 0.6) is 11.5 Å². The van der Waals surface area contributed by atoms with Crippen LogP contribution >= 0.6 is 0 Å². The lowest BCUT2D eigenvalue weighted by Gasteiger charge is -2.26. The molecule has 1 aliphatic heterocycles. The fourth-order valence-corrected chi connectivity index (χ4v) is 2.70. The van der Waals surface area contributed by atoms with Gasteiger partial charge in [-0.3, -0.25) is 0 Å². The molecule has 0 aromatic heterocycles. The molecule has 0 saturated carbocycles. The van der Waals surface area contributed by atoms with Crippen LogP contribution in [0.2, 0.25) is 0 Å². The van der Waals surface area contributed by atoms with Crippen molar-refractivity contribution >= 4 is 0 Å². The molecule has 5 heteroatoms. The lowest BCUT2D eigenvalue weighted by molar-refractivity contribution is 0.0536. The summed E-state index contributed by atoms with van der Waals surface area (Å²) < 4.78 is 16.3. The van der Waals surface area contributed by atoms with E-state index in [0.29, 0.717) is 12.4 Å². The molecule has 26 heavy (non-hydrogen) atoms. The van der Waals surface area contributed by atoms with Crippen LogP contribution in [0.4, 0.5) is 0 Å². The molecule has 0 radical (unpaired) electrons. The van der Waals surface area contributed by atoms with Gasteiger partial charge < -0.3 is 24.4 Å². The van der Waals surface area contributed by atoms with Crippen LogP contribution in [0, 0.1) is 0 Å². The lowest BCUT2D eigenvalue weighted by atomic mass is 9.78. The Kier molecular flexibility index (Phi) is 5.81. The summed E-state index contributed by atoms with van der Waals surface area (Å²) in [5.41, 5.74) is 2.19. The summed E-state index contributed by atoms with van der Waals surface area (Å²) in [5, 5.41) is 18.2. The highest BCUT2D eigenvalue weighted by Crippen LogP contribution is 2.33. The van der Waals surface area contributed by atoms with Crippen molar-refractivity contribution in [3.63, 3.8) is 0 Å². The third-order valence-corrected chi connectivity index (χ3v) is 4.64.